The molecule has 0 fully saturated rings. The molecule has 2 rings (SSSR count). The van der Waals surface area contributed by atoms with Crippen molar-refractivity contribution in [1.82, 2.24) is 10.2 Å². The molecule has 134 valence electrons. The number of benzene rings is 1. The molecule has 0 spiro atoms. The van der Waals surface area contributed by atoms with E-state index in [1.807, 2.05) is 18.2 Å². The van der Waals surface area contributed by atoms with Gasteiger partial charge in [-0.05, 0) is 37.2 Å². The molecule has 6 heteroatoms. The van der Waals surface area contributed by atoms with Crippen LogP contribution in [-0.2, 0) is 16.0 Å². The largest absolute Gasteiger partial charge is 0.454 e. The molecule has 24 heavy (non-hydrogen) atoms. The van der Waals surface area contributed by atoms with Crippen molar-refractivity contribution in [2.75, 3.05) is 46.2 Å². The maximum atomic E-state index is 11.9. The normalized spacial score (nSPS) is 12.6. The molecule has 1 aliphatic rings. The minimum Gasteiger partial charge on any atom is -0.454 e. The first-order valence-electron chi connectivity index (χ1n) is 8.68. The van der Waals surface area contributed by atoms with Crippen molar-refractivity contribution in [3.05, 3.63) is 23.8 Å². The number of nitrogens with zero attached hydrogens (tertiary/aromatic N) is 1. The van der Waals surface area contributed by atoms with Crippen LogP contribution in [0.2, 0.25) is 0 Å². The van der Waals surface area contributed by atoms with Crippen LogP contribution >= 0.6 is 0 Å². The Hall–Kier alpha value is -1.79. The summed E-state index contributed by atoms with van der Waals surface area (Å²) in [6.07, 6.45) is 1.14. The highest BCUT2D eigenvalue weighted by Crippen LogP contribution is 2.32. The number of amides is 1. The van der Waals surface area contributed by atoms with E-state index in [-0.39, 0.29) is 12.7 Å². The fraction of sp³-hybridized carbons (Fsp3) is 0.611. The number of fused-ring (bicyclic) bond motifs is 1. The minimum atomic E-state index is 0.0417. The average molecular weight is 336 g/mol. The van der Waals surface area contributed by atoms with Crippen molar-refractivity contribution >= 4 is 5.91 Å². The zero-order valence-corrected chi connectivity index (χ0v) is 14.7. The summed E-state index contributed by atoms with van der Waals surface area (Å²) in [5.41, 5.74) is 1.07. The second-order valence-electron chi connectivity index (χ2n) is 5.68. The Labute approximate surface area is 144 Å². The zero-order valence-electron chi connectivity index (χ0n) is 14.7. The van der Waals surface area contributed by atoms with E-state index in [0.717, 1.165) is 36.7 Å². The van der Waals surface area contributed by atoms with Crippen LogP contribution in [0.5, 0.6) is 11.5 Å². The van der Waals surface area contributed by atoms with Gasteiger partial charge in [-0.2, -0.15) is 0 Å². The highest BCUT2D eigenvalue weighted by atomic mass is 16.7. The molecular weight excluding hydrogens is 308 g/mol. The van der Waals surface area contributed by atoms with Gasteiger partial charge in [0.15, 0.2) is 11.5 Å². The fourth-order valence-electron chi connectivity index (χ4n) is 2.54. The van der Waals surface area contributed by atoms with Crippen LogP contribution in [-0.4, -0.2) is 57.0 Å². The molecule has 1 aromatic rings. The molecule has 1 N–H and O–H groups in total. The first-order valence-corrected chi connectivity index (χ1v) is 8.68. The number of aryl methyl sites for hydroxylation is 1. The number of nitrogens with one attached hydrogen (secondary N) is 1. The molecule has 1 heterocycles. The summed E-state index contributed by atoms with van der Waals surface area (Å²) in [6.45, 7) is 9.38. The van der Waals surface area contributed by atoms with Crippen LogP contribution in [0.3, 0.4) is 0 Å². The Morgan fingerprint density at radius 1 is 1.21 bits per heavy atom. The smallest absolute Gasteiger partial charge is 0.231 e. The number of rotatable bonds is 11. The third kappa shape index (κ3) is 6.02. The molecule has 1 aromatic carbocycles. The van der Waals surface area contributed by atoms with Gasteiger partial charge in [-0.1, -0.05) is 19.9 Å². The Kier molecular flexibility index (Phi) is 7.85. The van der Waals surface area contributed by atoms with E-state index in [9.17, 15) is 4.79 Å². The Morgan fingerprint density at radius 2 is 2.00 bits per heavy atom. The van der Waals surface area contributed by atoms with Crippen LogP contribution in [0.4, 0.5) is 0 Å². The van der Waals surface area contributed by atoms with E-state index < -0.39 is 0 Å². The zero-order chi connectivity index (χ0) is 17.2. The fourth-order valence-corrected chi connectivity index (χ4v) is 2.54. The number of hydrogen-bond acceptors (Lipinski definition) is 5. The predicted molar refractivity (Wildman–Crippen MR) is 92.5 cm³/mol. The summed E-state index contributed by atoms with van der Waals surface area (Å²) in [4.78, 5) is 14.2. The van der Waals surface area contributed by atoms with Crippen LogP contribution in [0.15, 0.2) is 18.2 Å². The van der Waals surface area contributed by atoms with Gasteiger partial charge in [0.2, 0.25) is 12.7 Å². The topological polar surface area (TPSA) is 60.0 Å². The Bertz CT molecular complexity index is 518. The molecule has 0 unspecified atom stereocenters. The third-order valence-corrected chi connectivity index (χ3v) is 4.09. The Balaban J connectivity index is 1.54. The molecule has 0 atom stereocenters. The monoisotopic (exact) mass is 336 g/mol. The van der Waals surface area contributed by atoms with Crippen LogP contribution in [0.1, 0.15) is 25.8 Å². The summed E-state index contributed by atoms with van der Waals surface area (Å²) >= 11 is 0. The molecule has 0 radical (unpaired) electrons. The van der Waals surface area contributed by atoms with E-state index >= 15 is 0 Å². The number of hydrogen-bond donors (Lipinski definition) is 1. The van der Waals surface area contributed by atoms with E-state index in [0.29, 0.717) is 32.6 Å². The van der Waals surface area contributed by atoms with Gasteiger partial charge >= 0.3 is 0 Å². The second kappa shape index (κ2) is 10.2. The van der Waals surface area contributed by atoms with E-state index in [1.54, 1.807) is 0 Å². The highest BCUT2D eigenvalue weighted by Gasteiger charge is 2.13. The van der Waals surface area contributed by atoms with Gasteiger partial charge < -0.3 is 24.4 Å². The van der Waals surface area contributed by atoms with Gasteiger partial charge in [-0.3, -0.25) is 4.79 Å². The first-order chi connectivity index (χ1) is 11.7. The molecule has 0 saturated carbocycles. The van der Waals surface area contributed by atoms with E-state index in [4.69, 9.17) is 14.2 Å². The summed E-state index contributed by atoms with van der Waals surface area (Å²) in [5.74, 6) is 1.57. The standard InChI is InChI=1S/C18H28N2O4/c1-3-20(4-2)10-12-22-11-9-19-18(21)8-6-15-5-7-16-17(13-15)24-14-23-16/h5,7,13H,3-4,6,8-12,14H2,1-2H3,(H,19,21). The molecule has 1 amide bonds. The quantitative estimate of drug-likeness (QED) is 0.625. The minimum absolute atomic E-state index is 0.0417. The number of ether oxygens (including phenoxy) is 3. The van der Waals surface area contributed by atoms with Crippen LogP contribution < -0.4 is 14.8 Å². The lowest BCUT2D eigenvalue weighted by atomic mass is 10.1. The van der Waals surface area contributed by atoms with Crippen molar-refractivity contribution in [2.45, 2.75) is 26.7 Å². The van der Waals surface area contributed by atoms with E-state index in [1.165, 1.54) is 0 Å². The van der Waals surface area contributed by atoms with Crippen molar-refractivity contribution < 1.29 is 19.0 Å². The molecule has 0 saturated heterocycles. The SMILES string of the molecule is CCN(CC)CCOCCNC(=O)CCc1ccc2c(c1)OCO2. The molecule has 0 bridgehead atoms. The summed E-state index contributed by atoms with van der Waals surface area (Å²) in [6, 6.07) is 5.79. The summed E-state index contributed by atoms with van der Waals surface area (Å²) < 4.78 is 16.2. The van der Waals surface area contributed by atoms with Crippen molar-refractivity contribution in [2.24, 2.45) is 0 Å². The molecule has 0 aromatic heterocycles. The number of carbonyl (C=O) groups excluding carboxylic acids is 1. The number of carbonyl (C=O) groups is 1. The van der Waals surface area contributed by atoms with Crippen molar-refractivity contribution in [1.29, 1.82) is 0 Å². The van der Waals surface area contributed by atoms with Gasteiger partial charge in [-0.25, -0.2) is 0 Å². The lowest BCUT2D eigenvalue weighted by Gasteiger charge is -2.17. The predicted octanol–water partition coefficient (Wildman–Crippen LogP) is 1.82. The maximum absolute atomic E-state index is 11.9. The average Bonchev–Trinajstić information content (AvgIpc) is 3.07. The molecular formula is C18H28N2O4. The summed E-state index contributed by atoms with van der Waals surface area (Å²) in [5, 5.41) is 2.89. The number of likely N-dealkylation sites (N-methyl/N-ethyl adjacent to an activating group) is 1. The lowest BCUT2D eigenvalue weighted by molar-refractivity contribution is -0.121. The Morgan fingerprint density at radius 3 is 2.79 bits per heavy atom. The van der Waals surface area contributed by atoms with Gasteiger partial charge in [0.1, 0.15) is 0 Å². The molecule has 6 nitrogen and oxygen atoms in total. The molecule has 0 aliphatic carbocycles. The van der Waals surface area contributed by atoms with Gasteiger partial charge in [0.05, 0.1) is 13.2 Å². The van der Waals surface area contributed by atoms with Crippen LogP contribution in [0, 0.1) is 0 Å². The lowest BCUT2D eigenvalue weighted by Crippen LogP contribution is -2.30. The van der Waals surface area contributed by atoms with Crippen molar-refractivity contribution in [3.63, 3.8) is 0 Å². The highest BCUT2D eigenvalue weighted by molar-refractivity contribution is 5.76. The van der Waals surface area contributed by atoms with Gasteiger partial charge in [0.25, 0.3) is 0 Å². The maximum Gasteiger partial charge on any atom is 0.231 e. The molecule has 1 aliphatic heterocycles. The van der Waals surface area contributed by atoms with Gasteiger partial charge in [-0.15, -0.1) is 0 Å². The first kappa shape index (κ1) is 18.5. The van der Waals surface area contributed by atoms with Gasteiger partial charge in [0, 0.05) is 19.5 Å². The summed E-state index contributed by atoms with van der Waals surface area (Å²) in [7, 11) is 0. The van der Waals surface area contributed by atoms with E-state index in [2.05, 4.69) is 24.1 Å². The van der Waals surface area contributed by atoms with Crippen molar-refractivity contribution in [3.8, 4) is 11.5 Å². The van der Waals surface area contributed by atoms with Crippen LogP contribution in [0.25, 0.3) is 0 Å². The second-order valence-corrected chi connectivity index (χ2v) is 5.68. The third-order valence-electron chi connectivity index (χ3n) is 4.09.